The smallest absolute Gasteiger partial charge is 0.297 e. The summed E-state index contributed by atoms with van der Waals surface area (Å²) in [5.41, 5.74) is 3.82. The number of carbonyl (C=O) groups excluding carboxylic acids is 1. The SMILES string of the molecule is C=CCONC(=O)c1nccn2cc(C)nc12. The number of nitrogens with zero attached hydrogens (tertiary/aromatic N) is 3. The molecule has 2 rings (SSSR count). The predicted octanol–water partition coefficient (Wildman–Crippen LogP) is 0.885. The second kappa shape index (κ2) is 4.75. The first-order chi connectivity index (χ1) is 8.22. The summed E-state index contributed by atoms with van der Waals surface area (Å²) in [5, 5.41) is 0. The highest BCUT2D eigenvalue weighted by atomic mass is 16.6. The molecule has 17 heavy (non-hydrogen) atoms. The zero-order chi connectivity index (χ0) is 12.3. The Morgan fingerprint density at radius 1 is 1.71 bits per heavy atom. The third-order valence-corrected chi connectivity index (χ3v) is 2.08. The van der Waals surface area contributed by atoms with E-state index < -0.39 is 5.91 Å². The molecule has 0 saturated heterocycles. The lowest BCUT2D eigenvalue weighted by atomic mass is 10.4. The van der Waals surface area contributed by atoms with Crippen LogP contribution in [0.25, 0.3) is 5.65 Å². The van der Waals surface area contributed by atoms with Gasteiger partial charge in [-0.2, -0.15) is 0 Å². The first-order valence-corrected chi connectivity index (χ1v) is 5.05. The van der Waals surface area contributed by atoms with Gasteiger partial charge in [-0.1, -0.05) is 6.08 Å². The number of hydrogen-bond donors (Lipinski definition) is 1. The van der Waals surface area contributed by atoms with Gasteiger partial charge >= 0.3 is 0 Å². The van der Waals surface area contributed by atoms with Crippen LogP contribution in [-0.4, -0.2) is 26.9 Å². The van der Waals surface area contributed by atoms with Gasteiger partial charge < -0.3 is 4.40 Å². The van der Waals surface area contributed by atoms with Crippen LogP contribution in [0.1, 0.15) is 16.2 Å². The Morgan fingerprint density at radius 2 is 2.53 bits per heavy atom. The van der Waals surface area contributed by atoms with Crippen molar-refractivity contribution in [2.75, 3.05) is 6.61 Å². The van der Waals surface area contributed by atoms with E-state index in [-0.39, 0.29) is 12.3 Å². The molecule has 0 aromatic carbocycles. The van der Waals surface area contributed by atoms with Crippen LogP contribution in [0.5, 0.6) is 0 Å². The average Bonchev–Trinajstić information content (AvgIpc) is 2.69. The molecule has 1 amide bonds. The minimum atomic E-state index is -0.428. The van der Waals surface area contributed by atoms with Gasteiger partial charge in [0, 0.05) is 18.6 Å². The number of aryl methyl sites for hydroxylation is 1. The van der Waals surface area contributed by atoms with Crippen molar-refractivity contribution in [3.05, 3.63) is 42.6 Å². The molecule has 0 aliphatic rings. The Morgan fingerprint density at radius 3 is 3.29 bits per heavy atom. The van der Waals surface area contributed by atoms with E-state index in [9.17, 15) is 4.79 Å². The second-order valence-corrected chi connectivity index (χ2v) is 3.42. The van der Waals surface area contributed by atoms with Gasteiger partial charge in [-0.15, -0.1) is 6.58 Å². The fourth-order valence-electron chi connectivity index (χ4n) is 1.42. The van der Waals surface area contributed by atoms with Crippen molar-refractivity contribution >= 4 is 11.6 Å². The first kappa shape index (κ1) is 11.3. The summed E-state index contributed by atoms with van der Waals surface area (Å²) < 4.78 is 1.74. The molecule has 0 fully saturated rings. The first-order valence-electron chi connectivity index (χ1n) is 5.05. The summed E-state index contributed by atoms with van der Waals surface area (Å²) >= 11 is 0. The van der Waals surface area contributed by atoms with Crippen LogP contribution in [0.15, 0.2) is 31.2 Å². The molecule has 0 aliphatic heterocycles. The van der Waals surface area contributed by atoms with E-state index in [1.807, 2.05) is 13.1 Å². The summed E-state index contributed by atoms with van der Waals surface area (Å²) in [6.07, 6.45) is 6.62. The Kier molecular flexibility index (Phi) is 3.15. The van der Waals surface area contributed by atoms with Crippen LogP contribution in [0, 0.1) is 6.92 Å². The minimum Gasteiger partial charge on any atom is -0.303 e. The second-order valence-electron chi connectivity index (χ2n) is 3.42. The summed E-state index contributed by atoms with van der Waals surface area (Å²) in [5.74, 6) is -0.428. The Balaban J connectivity index is 2.28. The number of hydrogen-bond acceptors (Lipinski definition) is 4. The Hall–Kier alpha value is -2.21. The van der Waals surface area contributed by atoms with Crippen molar-refractivity contribution < 1.29 is 9.63 Å². The molecular formula is C11H12N4O2. The molecule has 0 atom stereocenters. The van der Waals surface area contributed by atoms with E-state index in [1.165, 1.54) is 12.3 Å². The number of amides is 1. The number of nitrogens with one attached hydrogen (secondary N) is 1. The molecular weight excluding hydrogens is 220 g/mol. The number of rotatable bonds is 4. The van der Waals surface area contributed by atoms with Gasteiger partial charge in [0.25, 0.3) is 5.91 Å². The molecule has 2 aromatic rings. The van der Waals surface area contributed by atoms with E-state index in [0.29, 0.717) is 5.65 Å². The van der Waals surface area contributed by atoms with Crippen molar-refractivity contribution in [1.29, 1.82) is 0 Å². The van der Waals surface area contributed by atoms with Crippen molar-refractivity contribution in [2.24, 2.45) is 0 Å². The largest absolute Gasteiger partial charge is 0.303 e. The monoisotopic (exact) mass is 232 g/mol. The van der Waals surface area contributed by atoms with Gasteiger partial charge in [0.2, 0.25) is 0 Å². The molecule has 0 unspecified atom stereocenters. The normalized spacial score (nSPS) is 10.4. The summed E-state index contributed by atoms with van der Waals surface area (Å²) in [7, 11) is 0. The molecule has 6 nitrogen and oxygen atoms in total. The lowest BCUT2D eigenvalue weighted by molar-refractivity contribution is 0.0418. The molecule has 0 aliphatic carbocycles. The van der Waals surface area contributed by atoms with Crippen LogP contribution >= 0.6 is 0 Å². The Labute approximate surface area is 97.9 Å². The number of hydroxylamine groups is 1. The molecule has 0 bridgehead atoms. The van der Waals surface area contributed by atoms with Crippen LogP contribution in [0.3, 0.4) is 0 Å². The van der Waals surface area contributed by atoms with Crippen molar-refractivity contribution in [3.8, 4) is 0 Å². The van der Waals surface area contributed by atoms with E-state index in [2.05, 4.69) is 22.0 Å². The highest BCUT2D eigenvalue weighted by Crippen LogP contribution is 2.07. The fraction of sp³-hybridized carbons (Fsp3) is 0.182. The average molecular weight is 232 g/mol. The van der Waals surface area contributed by atoms with E-state index >= 15 is 0 Å². The molecule has 0 radical (unpaired) electrons. The molecule has 0 spiro atoms. The number of carbonyl (C=O) groups is 1. The zero-order valence-corrected chi connectivity index (χ0v) is 9.38. The molecule has 2 heterocycles. The van der Waals surface area contributed by atoms with Crippen LogP contribution < -0.4 is 5.48 Å². The van der Waals surface area contributed by atoms with Crippen LogP contribution in [0.4, 0.5) is 0 Å². The lowest BCUT2D eigenvalue weighted by Gasteiger charge is -2.03. The molecule has 88 valence electrons. The molecule has 1 N–H and O–H groups in total. The van der Waals surface area contributed by atoms with E-state index in [4.69, 9.17) is 4.84 Å². The predicted molar refractivity (Wildman–Crippen MR) is 61.3 cm³/mol. The number of imidazole rings is 1. The molecule has 0 saturated carbocycles. The Bertz CT molecular complexity index is 562. The topological polar surface area (TPSA) is 68.5 Å². The molecule has 6 heteroatoms. The number of fused-ring (bicyclic) bond motifs is 1. The maximum absolute atomic E-state index is 11.8. The van der Waals surface area contributed by atoms with Crippen LogP contribution in [-0.2, 0) is 4.84 Å². The van der Waals surface area contributed by atoms with Gasteiger partial charge in [0.05, 0.1) is 12.3 Å². The van der Waals surface area contributed by atoms with Crippen molar-refractivity contribution in [1.82, 2.24) is 19.8 Å². The molecule has 2 aromatic heterocycles. The maximum Gasteiger partial charge on any atom is 0.297 e. The van der Waals surface area contributed by atoms with Gasteiger partial charge in [-0.25, -0.2) is 15.4 Å². The van der Waals surface area contributed by atoms with Crippen LogP contribution in [0.2, 0.25) is 0 Å². The lowest BCUT2D eigenvalue weighted by Crippen LogP contribution is -2.25. The summed E-state index contributed by atoms with van der Waals surface area (Å²) in [4.78, 5) is 24.8. The maximum atomic E-state index is 11.8. The number of aromatic nitrogens is 3. The van der Waals surface area contributed by atoms with E-state index in [0.717, 1.165) is 5.69 Å². The standard InChI is InChI=1S/C11H12N4O2/c1-3-6-17-14-11(16)9-10-13-8(2)7-15(10)5-4-12-9/h3-5,7H,1,6H2,2H3,(H,14,16). The third kappa shape index (κ3) is 2.31. The zero-order valence-electron chi connectivity index (χ0n) is 9.38. The third-order valence-electron chi connectivity index (χ3n) is 2.08. The fourth-order valence-corrected chi connectivity index (χ4v) is 1.42. The van der Waals surface area contributed by atoms with Crippen molar-refractivity contribution in [3.63, 3.8) is 0 Å². The highest BCUT2D eigenvalue weighted by Gasteiger charge is 2.13. The van der Waals surface area contributed by atoms with Gasteiger partial charge in [-0.3, -0.25) is 9.63 Å². The van der Waals surface area contributed by atoms with Crippen molar-refractivity contribution in [2.45, 2.75) is 6.92 Å². The highest BCUT2D eigenvalue weighted by molar-refractivity contribution is 5.97. The minimum absolute atomic E-state index is 0.227. The summed E-state index contributed by atoms with van der Waals surface area (Å²) in [6, 6.07) is 0. The van der Waals surface area contributed by atoms with E-state index in [1.54, 1.807) is 10.6 Å². The van der Waals surface area contributed by atoms with Gasteiger partial charge in [0.15, 0.2) is 11.3 Å². The quantitative estimate of drug-likeness (QED) is 0.483. The van der Waals surface area contributed by atoms with Gasteiger partial charge in [0.1, 0.15) is 0 Å². The van der Waals surface area contributed by atoms with Gasteiger partial charge in [-0.05, 0) is 6.92 Å². The summed E-state index contributed by atoms with van der Waals surface area (Å²) in [6.45, 7) is 5.56.